The number of nitrogen functional groups attached to an aromatic ring is 1. The maximum atomic E-state index is 5.77. The third kappa shape index (κ3) is 1.43. The zero-order valence-electron chi connectivity index (χ0n) is 9.23. The van der Waals surface area contributed by atoms with Crippen LogP contribution in [-0.4, -0.2) is 4.98 Å². The van der Waals surface area contributed by atoms with Crippen molar-refractivity contribution >= 4 is 16.5 Å². The zero-order chi connectivity index (χ0) is 11.1. The average molecular weight is 230 g/mol. The number of hydrogen-bond donors (Lipinski definition) is 1. The van der Waals surface area contributed by atoms with Gasteiger partial charge in [-0.1, -0.05) is 24.3 Å². The summed E-state index contributed by atoms with van der Waals surface area (Å²) in [5, 5.41) is 0.711. The van der Waals surface area contributed by atoms with Crippen LogP contribution in [0.2, 0.25) is 0 Å². The summed E-state index contributed by atoms with van der Waals surface area (Å²) in [6, 6.07) is 8.61. The van der Waals surface area contributed by atoms with Crippen LogP contribution in [0.3, 0.4) is 0 Å². The standard InChI is InChI=1S/C13H14N2S/c1-8-4-2-3-5-9(8)10-6-7-11-12(10)16-13(14)15-11/h2-5,10H,6-7H2,1H3,(H2,14,15). The third-order valence-electron chi connectivity index (χ3n) is 3.29. The lowest BCUT2D eigenvalue weighted by atomic mass is 9.94. The van der Waals surface area contributed by atoms with Crippen LogP contribution in [0.5, 0.6) is 0 Å². The highest BCUT2D eigenvalue weighted by Gasteiger charge is 2.28. The first kappa shape index (κ1) is 9.85. The van der Waals surface area contributed by atoms with Gasteiger partial charge in [0, 0.05) is 10.8 Å². The summed E-state index contributed by atoms with van der Waals surface area (Å²) in [7, 11) is 0. The summed E-state index contributed by atoms with van der Waals surface area (Å²) in [5.74, 6) is 0.519. The molecule has 1 aromatic carbocycles. The Labute approximate surface area is 99.1 Å². The zero-order valence-corrected chi connectivity index (χ0v) is 10.1. The summed E-state index contributed by atoms with van der Waals surface area (Å²) >= 11 is 1.66. The number of anilines is 1. The van der Waals surface area contributed by atoms with Gasteiger partial charge in [0.05, 0.1) is 5.69 Å². The van der Waals surface area contributed by atoms with Crippen LogP contribution in [0.4, 0.5) is 5.13 Å². The Morgan fingerprint density at radius 1 is 1.38 bits per heavy atom. The molecule has 82 valence electrons. The molecule has 0 spiro atoms. The van der Waals surface area contributed by atoms with Gasteiger partial charge in [-0.25, -0.2) is 4.98 Å². The van der Waals surface area contributed by atoms with Gasteiger partial charge >= 0.3 is 0 Å². The summed E-state index contributed by atoms with van der Waals surface area (Å²) in [5.41, 5.74) is 9.80. The Hall–Kier alpha value is -1.35. The highest BCUT2D eigenvalue weighted by atomic mass is 32.1. The van der Waals surface area contributed by atoms with Crippen molar-refractivity contribution in [2.75, 3.05) is 5.73 Å². The number of hydrogen-bond acceptors (Lipinski definition) is 3. The summed E-state index contributed by atoms with van der Waals surface area (Å²) in [4.78, 5) is 5.77. The number of aryl methyl sites for hydroxylation is 2. The molecular formula is C13H14N2S. The Morgan fingerprint density at radius 3 is 3.00 bits per heavy atom. The van der Waals surface area contributed by atoms with Crippen molar-refractivity contribution in [3.63, 3.8) is 0 Å². The Kier molecular flexibility index (Phi) is 2.21. The van der Waals surface area contributed by atoms with E-state index >= 15 is 0 Å². The fraction of sp³-hybridized carbons (Fsp3) is 0.308. The molecule has 0 radical (unpaired) electrons. The molecule has 2 N–H and O–H groups in total. The van der Waals surface area contributed by atoms with Crippen molar-refractivity contribution in [3.8, 4) is 0 Å². The summed E-state index contributed by atoms with van der Waals surface area (Å²) < 4.78 is 0. The summed E-state index contributed by atoms with van der Waals surface area (Å²) in [6.45, 7) is 2.18. The monoisotopic (exact) mass is 230 g/mol. The van der Waals surface area contributed by atoms with Gasteiger partial charge in [0.1, 0.15) is 0 Å². The van der Waals surface area contributed by atoms with Gasteiger partial charge in [0.15, 0.2) is 5.13 Å². The molecule has 1 aliphatic rings. The van der Waals surface area contributed by atoms with E-state index in [0.29, 0.717) is 11.0 Å². The first-order chi connectivity index (χ1) is 7.75. The number of rotatable bonds is 1. The van der Waals surface area contributed by atoms with Crippen LogP contribution in [0.25, 0.3) is 0 Å². The number of benzene rings is 1. The molecule has 2 aromatic rings. The van der Waals surface area contributed by atoms with Gasteiger partial charge in [-0.15, -0.1) is 11.3 Å². The van der Waals surface area contributed by atoms with Crippen LogP contribution < -0.4 is 5.73 Å². The molecule has 2 nitrogen and oxygen atoms in total. The molecule has 0 amide bonds. The largest absolute Gasteiger partial charge is 0.375 e. The maximum Gasteiger partial charge on any atom is 0.180 e. The number of thiazole rings is 1. The molecule has 1 atom stereocenters. The molecule has 1 aliphatic carbocycles. The molecule has 1 heterocycles. The minimum Gasteiger partial charge on any atom is -0.375 e. The number of nitrogens with zero attached hydrogens (tertiary/aromatic N) is 1. The normalized spacial score (nSPS) is 18.7. The Balaban J connectivity index is 2.07. The van der Waals surface area contributed by atoms with E-state index in [1.807, 2.05) is 0 Å². The van der Waals surface area contributed by atoms with E-state index in [1.165, 1.54) is 28.1 Å². The van der Waals surface area contributed by atoms with E-state index in [9.17, 15) is 0 Å². The molecular weight excluding hydrogens is 216 g/mol. The molecule has 0 aliphatic heterocycles. The first-order valence-electron chi connectivity index (χ1n) is 5.56. The van der Waals surface area contributed by atoms with Crippen molar-refractivity contribution in [1.82, 2.24) is 4.98 Å². The number of fused-ring (bicyclic) bond motifs is 1. The quantitative estimate of drug-likeness (QED) is 0.817. The molecule has 0 bridgehead atoms. The molecule has 3 rings (SSSR count). The molecule has 1 unspecified atom stereocenters. The van der Waals surface area contributed by atoms with Crippen molar-refractivity contribution < 1.29 is 0 Å². The van der Waals surface area contributed by atoms with Gasteiger partial charge in [-0.2, -0.15) is 0 Å². The van der Waals surface area contributed by atoms with Gasteiger partial charge in [-0.05, 0) is 30.9 Å². The second-order valence-electron chi connectivity index (χ2n) is 4.31. The van der Waals surface area contributed by atoms with Crippen molar-refractivity contribution in [3.05, 3.63) is 46.0 Å². The molecule has 0 saturated carbocycles. The molecule has 0 fully saturated rings. The highest BCUT2D eigenvalue weighted by molar-refractivity contribution is 7.15. The lowest BCUT2D eigenvalue weighted by Gasteiger charge is -2.12. The fourth-order valence-electron chi connectivity index (χ4n) is 2.52. The van der Waals surface area contributed by atoms with Gasteiger partial charge in [0.25, 0.3) is 0 Å². The van der Waals surface area contributed by atoms with Gasteiger partial charge in [-0.3, -0.25) is 0 Å². The van der Waals surface area contributed by atoms with E-state index < -0.39 is 0 Å². The minimum atomic E-state index is 0.519. The lowest BCUT2D eigenvalue weighted by molar-refractivity contribution is 0.785. The maximum absolute atomic E-state index is 5.77. The van der Waals surface area contributed by atoms with E-state index in [-0.39, 0.29) is 0 Å². The number of nitrogens with two attached hydrogens (primary N) is 1. The Morgan fingerprint density at radius 2 is 2.19 bits per heavy atom. The van der Waals surface area contributed by atoms with Crippen molar-refractivity contribution in [2.45, 2.75) is 25.7 Å². The minimum absolute atomic E-state index is 0.519. The summed E-state index contributed by atoms with van der Waals surface area (Å²) in [6.07, 6.45) is 2.25. The van der Waals surface area contributed by atoms with Gasteiger partial charge in [0.2, 0.25) is 0 Å². The van der Waals surface area contributed by atoms with Gasteiger partial charge < -0.3 is 5.73 Å². The van der Waals surface area contributed by atoms with Crippen LogP contribution in [-0.2, 0) is 6.42 Å². The average Bonchev–Trinajstić information content (AvgIpc) is 2.78. The number of aromatic nitrogens is 1. The van der Waals surface area contributed by atoms with E-state index in [0.717, 1.165) is 6.42 Å². The molecule has 0 saturated heterocycles. The van der Waals surface area contributed by atoms with E-state index in [1.54, 1.807) is 11.3 Å². The van der Waals surface area contributed by atoms with Crippen LogP contribution >= 0.6 is 11.3 Å². The smallest absolute Gasteiger partial charge is 0.180 e. The van der Waals surface area contributed by atoms with Crippen LogP contribution in [0.15, 0.2) is 24.3 Å². The second kappa shape index (κ2) is 3.59. The SMILES string of the molecule is Cc1ccccc1C1CCc2nc(N)sc21. The first-order valence-corrected chi connectivity index (χ1v) is 6.38. The fourth-order valence-corrected chi connectivity index (χ4v) is 3.55. The molecule has 3 heteroatoms. The van der Waals surface area contributed by atoms with E-state index in [2.05, 4.69) is 36.2 Å². The highest BCUT2D eigenvalue weighted by Crippen LogP contribution is 2.42. The predicted molar refractivity (Wildman–Crippen MR) is 67.9 cm³/mol. The van der Waals surface area contributed by atoms with E-state index in [4.69, 9.17) is 5.73 Å². The van der Waals surface area contributed by atoms with Crippen LogP contribution in [0.1, 0.15) is 34.0 Å². The van der Waals surface area contributed by atoms with Crippen LogP contribution in [0, 0.1) is 6.92 Å². The molecule has 1 aromatic heterocycles. The topological polar surface area (TPSA) is 38.9 Å². The Bertz CT molecular complexity index is 530. The second-order valence-corrected chi connectivity index (χ2v) is 5.37. The molecule has 16 heavy (non-hydrogen) atoms. The predicted octanol–water partition coefficient (Wildman–Crippen LogP) is 3.11. The lowest BCUT2D eigenvalue weighted by Crippen LogP contribution is -1.96. The van der Waals surface area contributed by atoms with Crippen molar-refractivity contribution in [2.24, 2.45) is 0 Å². The third-order valence-corrected chi connectivity index (χ3v) is 4.33. The van der Waals surface area contributed by atoms with Crippen molar-refractivity contribution in [1.29, 1.82) is 0 Å².